The quantitative estimate of drug-likeness (QED) is 0.552. The van der Waals surface area contributed by atoms with Crippen LogP contribution in [-0.2, 0) is 16.7 Å². The lowest BCUT2D eigenvalue weighted by Crippen LogP contribution is -2.09. The van der Waals surface area contributed by atoms with Crippen LogP contribution in [0.1, 0.15) is 65.6 Å². The summed E-state index contributed by atoms with van der Waals surface area (Å²) in [5, 5.41) is 0.764. The summed E-state index contributed by atoms with van der Waals surface area (Å²) in [5.41, 5.74) is 8.20. The highest BCUT2D eigenvalue weighted by Gasteiger charge is 2.35. The molecule has 0 radical (unpaired) electrons. The minimum absolute atomic E-state index is 0.186. The second-order valence-corrected chi connectivity index (χ2v) is 7.85. The SMILES string of the molecule is COCc1c(C2CC2)nc(C2CC2)c(CBr)c1-c1ccc(F)cc1C. The molecule has 0 saturated heterocycles. The van der Waals surface area contributed by atoms with Crippen molar-refractivity contribution in [2.45, 2.75) is 56.4 Å². The van der Waals surface area contributed by atoms with Crippen LogP contribution in [0.4, 0.5) is 4.39 Å². The third kappa shape index (κ3) is 3.26. The average molecular weight is 404 g/mol. The Bertz CT molecular complexity index is 812. The topological polar surface area (TPSA) is 22.1 Å². The summed E-state index contributed by atoms with van der Waals surface area (Å²) < 4.78 is 19.2. The van der Waals surface area contributed by atoms with Gasteiger partial charge >= 0.3 is 0 Å². The molecule has 1 aromatic heterocycles. The van der Waals surface area contributed by atoms with Crippen molar-refractivity contribution in [1.29, 1.82) is 0 Å². The first-order chi connectivity index (χ1) is 12.1. The third-order valence-corrected chi connectivity index (χ3v) is 5.83. The molecule has 2 saturated carbocycles. The fourth-order valence-electron chi connectivity index (χ4n) is 3.75. The summed E-state index contributed by atoms with van der Waals surface area (Å²) >= 11 is 3.70. The van der Waals surface area contributed by atoms with Crippen LogP contribution in [0.3, 0.4) is 0 Å². The largest absolute Gasteiger partial charge is 0.380 e. The van der Waals surface area contributed by atoms with Crippen LogP contribution in [0.5, 0.6) is 0 Å². The molecule has 2 fully saturated rings. The fourth-order valence-corrected chi connectivity index (χ4v) is 4.32. The summed E-state index contributed by atoms with van der Waals surface area (Å²) in [4.78, 5) is 5.14. The number of benzene rings is 1. The predicted molar refractivity (Wildman–Crippen MR) is 102 cm³/mol. The maximum atomic E-state index is 13.7. The molecule has 0 atom stereocenters. The van der Waals surface area contributed by atoms with Gasteiger partial charge < -0.3 is 4.74 Å². The molecule has 1 aromatic carbocycles. The molecule has 0 spiro atoms. The Morgan fingerprint density at radius 2 is 1.76 bits per heavy atom. The first kappa shape index (κ1) is 17.2. The standard InChI is InChI=1S/C21H23BrFNO/c1-12-9-15(23)7-8-16(12)19-17(10-22)20(13-3-4-13)24-21(14-5-6-14)18(19)11-25-2/h7-9,13-14H,3-6,10-11H2,1-2H3. The van der Waals surface area contributed by atoms with Gasteiger partial charge in [-0.05, 0) is 67.0 Å². The van der Waals surface area contributed by atoms with Crippen LogP contribution in [0.15, 0.2) is 18.2 Å². The molecule has 2 aliphatic carbocycles. The maximum absolute atomic E-state index is 13.7. The molecule has 0 aliphatic heterocycles. The summed E-state index contributed by atoms with van der Waals surface area (Å²) in [6.45, 7) is 2.54. The molecule has 0 amide bonds. The van der Waals surface area contributed by atoms with Gasteiger partial charge in [0, 0.05) is 41.2 Å². The van der Waals surface area contributed by atoms with Gasteiger partial charge in [-0.15, -0.1) is 0 Å². The molecule has 0 N–H and O–H groups in total. The fraction of sp³-hybridized carbons (Fsp3) is 0.476. The van der Waals surface area contributed by atoms with E-state index in [0.717, 1.165) is 16.5 Å². The minimum Gasteiger partial charge on any atom is -0.380 e. The van der Waals surface area contributed by atoms with Crippen molar-refractivity contribution in [3.63, 3.8) is 0 Å². The number of ether oxygens (including phenoxy) is 1. The van der Waals surface area contributed by atoms with Crippen molar-refractivity contribution in [3.8, 4) is 11.1 Å². The van der Waals surface area contributed by atoms with Crippen molar-refractivity contribution in [2.75, 3.05) is 7.11 Å². The number of nitrogens with zero attached hydrogens (tertiary/aromatic N) is 1. The highest BCUT2D eigenvalue weighted by atomic mass is 79.9. The Labute approximate surface area is 156 Å². The smallest absolute Gasteiger partial charge is 0.123 e. The van der Waals surface area contributed by atoms with E-state index in [-0.39, 0.29) is 5.82 Å². The molecule has 0 unspecified atom stereocenters. The number of hydrogen-bond acceptors (Lipinski definition) is 2. The van der Waals surface area contributed by atoms with Crippen LogP contribution in [0.2, 0.25) is 0 Å². The van der Waals surface area contributed by atoms with E-state index in [1.807, 2.05) is 13.0 Å². The zero-order valence-electron chi connectivity index (χ0n) is 14.7. The number of aromatic nitrogens is 1. The van der Waals surface area contributed by atoms with Gasteiger partial charge in [-0.25, -0.2) is 4.39 Å². The highest BCUT2D eigenvalue weighted by molar-refractivity contribution is 9.08. The zero-order chi connectivity index (χ0) is 17.6. The van der Waals surface area contributed by atoms with E-state index in [9.17, 15) is 4.39 Å². The number of hydrogen-bond donors (Lipinski definition) is 0. The molecule has 1 heterocycles. The van der Waals surface area contributed by atoms with E-state index in [1.165, 1.54) is 53.8 Å². The summed E-state index contributed by atoms with van der Waals surface area (Å²) in [6.07, 6.45) is 4.87. The van der Waals surface area contributed by atoms with Crippen LogP contribution in [0, 0.1) is 12.7 Å². The number of halogens is 2. The van der Waals surface area contributed by atoms with E-state index in [1.54, 1.807) is 19.2 Å². The van der Waals surface area contributed by atoms with Crippen LogP contribution < -0.4 is 0 Å². The van der Waals surface area contributed by atoms with Crippen molar-refractivity contribution in [3.05, 3.63) is 52.1 Å². The lowest BCUT2D eigenvalue weighted by molar-refractivity contribution is 0.184. The van der Waals surface area contributed by atoms with Crippen molar-refractivity contribution < 1.29 is 9.13 Å². The van der Waals surface area contributed by atoms with Crippen LogP contribution >= 0.6 is 15.9 Å². The molecule has 2 aliphatic rings. The molecule has 4 rings (SSSR count). The number of methoxy groups -OCH3 is 1. The lowest BCUT2D eigenvalue weighted by atomic mass is 9.89. The van der Waals surface area contributed by atoms with E-state index < -0.39 is 0 Å². The van der Waals surface area contributed by atoms with E-state index >= 15 is 0 Å². The monoisotopic (exact) mass is 403 g/mol. The van der Waals surface area contributed by atoms with E-state index in [0.29, 0.717) is 18.4 Å². The Hall–Kier alpha value is -1.26. The van der Waals surface area contributed by atoms with Crippen LogP contribution in [-0.4, -0.2) is 12.1 Å². The van der Waals surface area contributed by atoms with E-state index in [2.05, 4.69) is 15.9 Å². The molecule has 2 aromatic rings. The average Bonchev–Trinajstić information content (AvgIpc) is 3.48. The normalized spacial score (nSPS) is 17.1. The highest BCUT2D eigenvalue weighted by Crippen LogP contribution is 2.49. The van der Waals surface area contributed by atoms with Gasteiger partial charge in [-0.1, -0.05) is 22.0 Å². The van der Waals surface area contributed by atoms with Gasteiger partial charge in [0.15, 0.2) is 0 Å². The minimum atomic E-state index is -0.186. The van der Waals surface area contributed by atoms with Crippen molar-refractivity contribution in [2.24, 2.45) is 0 Å². The second kappa shape index (κ2) is 6.81. The summed E-state index contributed by atoms with van der Waals surface area (Å²) in [5.74, 6) is 0.960. The summed E-state index contributed by atoms with van der Waals surface area (Å²) in [6, 6.07) is 5.10. The number of rotatable bonds is 6. The molecule has 25 heavy (non-hydrogen) atoms. The third-order valence-electron chi connectivity index (χ3n) is 5.27. The molecule has 2 nitrogen and oxygen atoms in total. The second-order valence-electron chi connectivity index (χ2n) is 7.29. The molecular formula is C21H23BrFNO. The predicted octanol–water partition coefficient (Wildman–Crippen LogP) is 5.99. The summed E-state index contributed by atoms with van der Waals surface area (Å²) in [7, 11) is 1.74. The number of aryl methyl sites for hydroxylation is 1. The number of alkyl halides is 1. The first-order valence-corrected chi connectivity index (χ1v) is 10.1. The van der Waals surface area contributed by atoms with Gasteiger partial charge in [0.25, 0.3) is 0 Å². The molecule has 0 bridgehead atoms. The first-order valence-electron chi connectivity index (χ1n) is 9.01. The number of pyridine rings is 1. The Morgan fingerprint density at radius 1 is 1.12 bits per heavy atom. The lowest BCUT2D eigenvalue weighted by Gasteiger charge is -2.22. The van der Waals surface area contributed by atoms with Gasteiger partial charge in [0.2, 0.25) is 0 Å². The van der Waals surface area contributed by atoms with Crippen molar-refractivity contribution in [1.82, 2.24) is 4.98 Å². The van der Waals surface area contributed by atoms with Gasteiger partial charge in [0.05, 0.1) is 6.61 Å². The van der Waals surface area contributed by atoms with Gasteiger partial charge in [-0.2, -0.15) is 0 Å². The maximum Gasteiger partial charge on any atom is 0.123 e. The molecular weight excluding hydrogens is 381 g/mol. The molecule has 4 heteroatoms. The van der Waals surface area contributed by atoms with Crippen molar-refractivity contribution >= 4 is 15.9 Å². The Balaban J connectivity index is 2.01. The van der Waals surface area contributed by atoms with Crippen LogP contribution in [0.25, 0.3) is 11.1 Å². The Kier molecular flexibility index (Phi) is 4.67. The van der Waals surface area contributed by atoms with Gasteiger partial charge in [0.1, 0.15) is 5.82 Å². The van der Waals surface area contributed by atoms with E-state index in [4.69, 9.17) is 9.72 Å². The zero-order valence-corrected chi connectivity index (χ0v) is 16.3. The Morgan fingerprint density at radius 3 is 2.28 bits per heavy atom. The molecule has 132 valence electrons. The van der Waals surface area contributed by atoms with Gasteiger partial charge in [-0.3, -0.25) is 4.98 Å².